The van der Waals surface area contributed by atoms with Crippen molar-refractivity contribution in [3.05, 3.63) is 60.2 Å². The van der Waals surface area contributed by atoms with Crippen molar-refractivity contribution >= 4 is 11.9 Å². The molecule has 6 heteroatoms. The van der Waals surface area contributed by atoms with Crippen molar-refractivity contribution in [2.75, 3.05) is 0 Å². The van der Waals surface area contributed by atoms with E-state index in [0.29, 0.717) is 24.2 Å². The standard InChI is InChI=1S/C22H28N2O4/c1-3-9-19(21(25)27-15-17-11-5-7-13-23-17)20(10-4-2)22(26)28-16-18-12-6-8-14-24-18/h5-8,11-14,19-20H,3-4,9-10,15-16H2,1-2H3/t19-,20+. The van der Waals surface area contributed by atoms with Crippen molar-refractivity contribution in [3.63, 3.8) is 0 Å². The monoisotopic (exact) mass is 384 g/mol. The van der Waals surface area contributed by atoms with Crippen LogP contribution in [0.2, 0.25) is 0 Å². The molecule has 0 saturated heterocycles. The SMILES string of the molecule is CCC[C@H](C(=O)OCc1ccccn1)[C@@H](CCC)C(=O)OCc1ccccn1. The van der Waals surface area contributed by atoms with Gasteiger partial charge >= 0.3 is 11.9 Å². The average molecular weight is 384 g/mol. The van der Waals surface area contributed by atoms with Gasteiger partial charge in [-0.3, -0.25) is 19.6 Å². The van der Waals surface area contributed by atoms with Crippen molar-refractivity contribution in [2.24, 2.45) is 11.8 Å². The lowest BCUT2D eigenvalue weighted by Crippen LogP contribution is -2.32. The minimum absolute atomic E-state index is 0.0989. The third-order valence-electron chi connectivity index (χ3n) is 4.47. The van der Waals surface area contributed by atoms with E-state index in [1.165, 1.54) is 0 Å². The fraction of sp³-hybridized carbons (Fsp3) is 0.455. The van der Waals surface area contributed by atoms with E-state index in [1.54, 1.807) is 36.7 Å². The fourth-order valence-corrected chi connectivity index (χ4v) is 3.06. The van der Waals surface area contributed by atoms with E-state index in [9.17, 15) is 9.59 Å². The third-order valence-corrected chi connectivity index (χ3v) is 4.47. The summed E-state index contributed by atoms with van der Waals surface area (Å²) in [5, 5.41) is 0. The summed E-state index contributed by atoms with van der Waals surface area (Å²) < 4.78 is 10.9. The maximum Gasteiger partial charge on any atom is 0.310 e. The minimum atomic E-state index is -0.523. The molecule has 6 nitrogen and oxygen atoms in total. The van der Waals surface area contributed by atoms with Gasteiger partial charge in [0.15, 0.2) is 0 Å². The maximum absolute atomic E-state index is 12.7. The van der Waals surface area contributed by atoms with Gasteiger partial charge in [0.2, 0.25) is 0 Å². The first-order chi connectivity index (χ1) is 13.7. The second kappa shape index (κ2) is 11.8. The van der Waals surface area contributed by atoms with Crippen molar-refractivity contribution in [2.45, 2.75) is 52.7 Å². The summed E-state index contributed by atoms with van der Waals surface area (Å²) in [6, 6.07) is 10.9. The predicted molar refractivity (Wildman–Crippen MR) is 105 cm³/mol. The molecule has 2 aromatic rings. The van der Waals surface area contributed by atoms with Crippen molar-refractivity contribution in [1.29, 1.82) is 0 Å². The van der Waals surface area contributed by atoms with Gasteiger partial charge in [-0.1, -0.05) is 38.8 Å². The first-order valence-electron chi connectivity index (χ1n) is 9.78. The normalized spacial score (nSPS) is 12.8. The molecule has 0 radical (unpaired) electrons. The number of hydrogen-bond acceptors (Lipinski definition) is 6. The van der Waals surface area contributed by atoms with Gasteiger partial charge in [0.1, 0.15) is 13.2 Å². The highest BCUT2D eigenvalue weighted by Crippen LogP contribution is 2.26. The number of carbonyl (C=O) groups excluding carboxylic acids is 2. The van der Waals surface area contributed by atoms with Gasteiger partial charge in [0.25, 0.3) is 0 Å². The topological polar surface area (TPSA) is 78.4 Å². The Morgan fingerprint density at radius 3 is 1.54 bits per heavy atom. The highest BCUT2D eigenvalue weighted by Gasteiger charge is 2.35. The molecule has 2 rings (SSSR count). The zero-order valence-electron chi connectivity index (χ0n) is 16.5. The predicted octanol–water partition coefficient (Wildman–Crippen LogP) is 4.10. The number of nitrogens with zero attached hydrogens (tertiary/aromatic N) is 2. The summed E-state index contributed by atoms with van der Waals surface area (Å²) in [5.74, 6) is -1.80. The zero-order valence-corrected chi connectivity index (χ0v) is 16.5. The Labute approximate surface area is 166 Å². The van der Waals surface area contributed by atoms with E-state index in [2.05, 4.69) is 9.97 Å². The van der Waals surface area contributed by atoms with Crippen LogP contribution in [-0.2, 0) is 32.3 Å². The lowest BCUT2D eigenvalue weighted by Gasteiger charge is -2.23. The van der Waals surface area contributed by atoms with Crippen LogP contribution < -0.4 is 0 Å². The minimum Gasteiger partial charge on any atom is -0.459 e. The van der Waals surface area contributed by atoms with Crippen LogP contribution in [0.15, 0.2) is 48.8 Å². The maximum atomic E-state index is 12.7. The lowest BCUT2D eigenvalue weighted by atomic mass is 9.85. The molecule has 150 valence electrons. The molecular formula is C22H28N2O4. The highest BCUT2D eigenvalue weighted by atomic mass is 16.5. The molecule has 0 saturated carbocycles. The average Bonchev–Trinajstić information content (AvgIpc) is 2.74. The van der Waals surface area contributed by atoms with E-state index in [-0.39, 0.29) is 25.2 Å². The first-order valence-corrected chi connectivity index (χ1v) is 9.78. The van der Waals surface area contributed by atoms with Crippen LogP contribution in [0.5, 0.6) is 0 Å². The van der Waals surface area contributed by atoms with Crippen LogP contribution in [0.25, 0.3) is 0 Å². The molecular weight excluding hydrogens is 356 g/mol. The van der Waals surface area contributed by atoms with Gasteiger partial charge in [-0.25, -0.2) is 0 Å². The number of esters is 2. The molecule has 0 spiro atoms. The van der Waals surface area contributed by atoms with Crippen LogP contribution in [0, 0.1) is 11.8 Å². The molecule has 0 bridgehead atoms. The third kappa shape index (κ3) is 6.76. The van der Waals surface area contributed by atoms with Gasteiger partial charge in [-0.15, -0.1) is 0 Å². The quantitative estimate of drug-likeness (QED) is 0.543. The number of pyridine rings is 2. The summed E-state index contributed by atoms with van der Waals surface area (Å²) in [4.78, 5) is 33.8. The molecule has 0 aliphatic rings. The number of carbonyl (C=O) groups is 2. The van der Waals surface area contributed by atoms with Gasteiger partial charge < -0.3 is 9.47 Å². The van der Waals surface area contributed by atoms with Gasteiger partial charge in [-0.05, 0) is 37.1 Å². The Hall–Kier alpha value is -2.76. The molecule has 0 amide bonds. The molecule has 0 unspecified atom stereocenters. The van der Waals surface area contributed by atoms with E-state index in [1.807, 2.05) is 26.0 Å². The largest absolute Gasteiger partial charge is 0.459 e. The van der Waals surface area contributed by atoms with Crippen LogP contribution in [0.3, 0.4) is 0 Å². The van der Waals surface area contributed by atoms with Crippen LogP contribution in [0.4, 0.5) is 0 Å². The molecule has 0 N–H and O–H groups in total. The number of aromatic nitrogens is 2. The number of ether oxygens (including phenoxy) is 2. The number of rotatable bonds is 11. The summed E-state index contributed by atoms with van der Waals surface area (Å²) in [6.07, 6.45) is 6.01. The molecule has 0 aliphatic heterocycles. The van der Waals surface area contributed by atoms with Crippen LogP contribution in [0.1, 0.15) is 50.9 Å². The molecule has 2 heterocycles. The van der Waals surface area contributed by atoms with E-state index >= 15 is 0 Å². The van der Waals surface area contributed by atoms with Gasteiger partial charge in [0, 0.05) is 12.4 Å². The second-order valence-electron chi connectivity index (χ2n) is 6.65. The highest BCUT2D eigenvalue weighted by molar-refractivity contribution is 5.82. The fourth-order valence-electron chi connectivity index (χ4n) is 3.06. The van der Waals surface area contributed by atoms with Crippen LogP contribution in [-0.4, -0.2) is 21.9 Å². The Morgan fingerprint density at radius 2 is 1.21 bits per heavy atom. The molecule has 2 aromatic heterocycles. The van der Waals surface area contributed by atoms with E-state index in [4.69, 9.17) is 9.47 Å². The van der Waals surface area contributed by atoms with E-state index < -0.39 is 11.8 Å². The summed E-state index contributed by atoms with van der Waals surface area (Å²) in [5.41, 5.74) is 1.35. The van der Waals surface area contributed by atoms with Crippen LogP contribution >= 0.6 is 0 Å². The lowest BCUT2D eigenvalue weighted by molar-refractivity contribution is -0.163. The Balaban J connectivity index is 2.02. The Kier molecular flexibility index (Phi) is 9.11. The molecule has 2 atom stereocenters. The van der Waals surface area contributed by atoms with E-state index in [0.717, 1.165) is 12.8 Å². The Morgan fingerprint density at radius 1 is 0.786 bits per heavy atom. The molecule has 0 fully saturated rings. The van der Waals surface area contributed by atoms with Gasteiger partial charge in [-0.2, -0.15) is 0 Å². The second-order valence-corrected chi connectivity index (χ2v) is 6.65. The van der Waals surface area contributed by atoms with Gasteiger partial charge in [0.05, 0.1) is 23.2 Å². The first kappa shape index (κ1) is 21.5. The molecule has 0 aliphatic carbocycles. The van der Waals surface area contributed by atoms with Crippen molar-refractivity contribution in [1.82, 2.24) is 9.97 Å². The summed E-state index contributed by atoms with van der Waals surface area (Å²) >= 11 is 0. The summed E-state index contributed by atoms with van der Waals surface area (Å²) in [6.45, 7) is 4.17. The van der Waals surface area contributed by atoms with Crippen molar-refractivity contribution < 1.29 is 19.1 Å². The molecule has 28 heavy (non-hydrogen) atoms. The molecule has 0 aromatic carbocycles. The Bertz CT molecular complexity index is 658. The van der Waals surface area contributed by atoms with Crippen molar-refractivity contribution in [3.8, 4) is 0 Å². The summed E-state index contributed by atoms with van der Waals surface area (Å²) in [7, 11) is 0. The zero-order chi connectivity index (χ0) is 20.2. The smallest absolute Gasteiger partial charge is 0.310 e. The number of hydrogen-bond donors (Lipinski definition) is 0.